The Morgan fingerprint density at radius 1 is 1.35 bits per heavy atom. The summed E-state index contributed by atoms with van der Waals surface area (Å²) in [4.78, 5) is 23.3. The summed E-state index contributed by atoms with van der Waals surface area (Å²) in [6.45, 7) is 1.74. The second-order valence-corrected chi connectivity index (χ2v) is 5.49. The largest absolute Gasteiger partial charge is 0.480 e. The van der Waals surface area contributed by atoms with Crippen molar-refractivity contribution < 1.29 is 14.7 Å². The number of benzene rings is 1. The summed E-state index contributed by atoms with van der Waals surface area (Å²) in [5.74, 6) is -0.917. The number of aliphatic carboxylic acids is 1. The summed E-state index contributed by atoms with van der Waals surface area (Å²) in [6, 6.07) is 9.96. The lowest BCUT2D eigenvalue weighted by molar-refractivity contribution is -0.149. The van der Waals surface area contributed by atoms with Crippen LogP contribution in [0.2, 0.25) is 0 Å². The summed E-state index contributed by atoms with van der Waals surface area (Å²) in [6.07, 6.45) is 3.08. The summed E-state index contributed by atoms with van der Waals surface area (Å²) >= 11 is 0. The fraction of sp³-hybridized carbons (Fsp3) is 0.500. The summed E-state index contributed by atoms with van der Waals surface area (Å²) in [5.41, 5.74) is 0.0508. The summed E-state index contributed by atoms with van der Waals surface area (Å²) in [5, 5.41) is 12.3. The molecule has 1 aromatic rings. The molecule has 2 rings (SSSR count). The summed E-state index contributed by atoms with van der Waals surface area (Å²) < 4.78 is 0. The van der Waals surface area contributed by atoms with Crippen LogP contribution >= 0.6 is 0 Å². The average Bonchev–Trinajstić information content (AvgIpc) is 2.48. The Labute approximate surface area is 119 Å². The standard InChI is InChI=1S/C16H21NO3/c1-2-14(18)17-16(15(19)20)10-6-9-13(11-16)12-7-4-3-5-8-12/h3-5,7-8,13H,2,6,9-11H2,1H3,(H,17,18)(H,19,20). The Morgan fingerprint density at radius 3 is 2.65 bits per heavy atom. The van der Waals surface area contributed by atoms with E-state index in [1.807, 2.05) is 30.3 Å². The van der Waals surface area contributed by atoms with Crippen LogP contribution in [0.25, 0.3) is 0 Å². The number of carboxylic acid groups (broad SMARTS) is 1. The van der Waals surface area contributed by atoms with Gasteiger partial charge in [-0.2, -0.15) is 0 Å². The van der Waals surface area contributed by atoms with Gasteiger partial charge in [0.25, 0.3) is 0 Å². The van der Waals surface area contributed by atoms with Crippen LogP contribution in [0, 0.1) is 0 Å². The SMILES string of the molecule is CCC(=O)NC1(C(=O)O)CCCC(c2ccccc2)C1. The molecule has 0 aliphatic heterocycles. The van der Waals surface area contributed by atoms with Gasteiger partial charge in [-0.05, 0) is 37.2 Å². The summed E-state index contributed by atoms with van der Waals surface area (Å²) in [7, 11) is 0. The highest BCUT2D eigenvalue weighted by molar-refractivity contribution is 5.87. The van der Waals surface area contributed by atoms with Crippen LogP contribution in [0.4, 0.5) is 0 Å². The minimum Gasteiger partial charge on any atom is -0.480 e. The van der Waals surface area contributed by atoms with E-state index in [2.05, 4.69) is 5.32 Å². The molecule has 0 heterocycles. The topological polar surface area (TPSA) is 66.4 Å². The van der Waals surface area contributed by atoms with Gasteiger partial charge < -0.3 is 10.4 Å². The predicted octanol–water partition coefficient (Wildman–Crippen LogP) is 2.69. The molecule has 108 valence electrons. The maximum absolute atomic E-state index is 11.7. The number of hydrogen-bond acceptors (Lipinski definition) is 2. The Bertz CT molecular complexity index is 486. The van der Waals surface area contributed by atoms with Crippen molar-refractivity contribution in [3.63, 3.8) is 0 Å². The van der Waals surface area contributed by atoms with Gasteiger partial charge in [-0.25, -0.2) is 4.79 Å². The minimum absolute atomic E-state index is 0.193. The average molecular weight is 275 g/mol. The molecule has 1 saturated carbocycles. The molecule has 0 radical (unpaired) electrons. The van der Waals surface area contributed by atoms with Gasteiger partial charge in [0.15, 0.2) is 0 Å². The minimum atomic E-state index is -1.11. The third-order valence-corrected chi connectivity index (χ3v) is 4.13. The van der Waals surface area contributed by atoms with Crippen LogP contribution in [0.5, 0.6) is 0 Å². The normalized spacial score (nSPS) is 25.9. The van der Waals surface area contributed by atoms with E-state index in [-0.39, 0.29) is 11.8 Å². The highest BCUT2D eigenvalue weighted by atomic mass is 16.4. The van der Waals surface area contributed by atoms with Gasteiger partial charge in [0.2, 0.25) is 5.91 Å². The molecule has 1 aliphatic carbocycles. The smallest absolute Gasteiger partial charge is 0.329 e. The molecule has 0 bridgehead atoms. The Balaban J connectivity index is 2.21. The van der Waals surface area contributed by atoms with Gasteiger partial charge in [0, 0.05) is 6.42 Å². The third kappa shape index (κ3) is 3.00. The zero-order chi connectivity index (χ0) is 14.6. The lowest BCUT2D eigenvalue weighted by Gasteiger charge is -2.38. The highest BCUT2D eigenvalue weighted by Crippen LogP contribution is 2.38. The van der Waals surface area contributed by atoms with E-state index in [1.165, 1.54) is 0 Å². The van der Waals surface area contributed by atoms with Gasteiger partial charge in [0.05, 0.1) is 0 Å². The second-order valence-electron chi connectivity index (χ2n) is 5.49. The first-order chi connectivity index (χ1) is 9.57. The molecular weight excluding hydrogens is 254 g/mol. The molecule has 4 nitrogen and oxygen atoms in total. The second kappa shape index (κ2) is 6.07. The Hall–Kier alpha value is -1.84. The van der Waals surface area contributed by atoms with Crippen molar-refractivity contribution in [2.24, 2.45) is 0 Å². The fourth-order valence-electron chi connectivity index (χ4n) is 3.00. The zero-order valence-electron chi connectivity index (χ0n) is 11.8. The van der Waals surface area contributed by atoms with Gasteiger partial charge in [0.1, 0.15) is 5.54 Å². The molecule has 1 aromatic carbocycles. The number of carboxylic acids is 1. The molecule has 1 fully saturated rings. The predicted molar refractivity (Wildman–Crippen MR) is 76.5 cm³/mol. The fourth-order valence-corrected chi connectivity index (χ4v) is 3.00. The van der Waals surface area contributed by atoms with Gasteiger partial charge in [-0.3, -0.25) is 4.79 Å². The van der Waals surface area contributed by atoms with E-state index in [1.54, 1.807) is 6.92 Å². The number of amides is 1. The van der Waals surface area contributed by atoms with Crippen molar-refractivity contribution >= 4 is 11.9 Å². The van der Waals surface area contributed by atoms with Crippen molar-refractivity contribution in [3.05, 3.63) is 35.9 Å². The number of rotatable bonds is 4. The van der Waals surface area contributed by atoms with Crippen LogP contribution in [0.3, 0.4) is 0 Å². The molecule has 0 saturated heterocycles. The quantitative estimate of drug-likeness (QED) is 0.887. The van der Waals surface area contributed by atoms with Crippen LogP contribution < -0.4 is 5.32 Å². The number of carbonyl (C=O) groups is 2. The lowest BCUT2D eigenvalue weighted by Crippen LogP contribution is -2.56. The van der Waals surface area contributed by atoms with E-state index in [0.29, 0.717) is 19.3 Å². The van der Waals surface area contributed by atoms with Crippen molar-refractivity contribution in [3.8, 4) is 0 Å². The number of carbonyl (C=O) groups excluding carboxylic acids is 1. The molecule has 4 heteroatoms. The van der Waals surface area contributed by atoms with E-state index in [4.69, 9.17) is 0 Å². The van der Waals surface area contributed by atoms with Crippen LogP contribution in [0.15, 0.2) is 30.3 Å². The first-order valence-electron chi connectivity index (χ1n) is 7.17. The number of nitrogens with one attached hydrogen (secondary N) is 1. The van der Waals surface area contributed by atoms with E-state index >= 15 is 0 Å². The monoisotopic (exact) mass is 275 g/mol. The van der Waals surface area contributed by atoms with E-state index in [9.17, 15) is 14.7 Å². The van der Waals surface area contributed by atoms with Crippen LogP contribution in [-0.2, 0) is 9.59 Å². The Morgan fingerprint density at radius 2 is 2.05 bits per heavy atom. The van der Waals surface area contributed by atoms with E-state index < -0.39 is 11.5 Å². The molecule has 1 amide bonds. The maximum atomic E-state index is 11.7. The Kier molecular flexibility index (Phi) is 4.42. The van der Waals surface area contributed by atoms with Crippen molar-refractivity contribution in [2.75, 3.05) is 0 Å². The first-order valence-corrected chi connectivity index (χ1v) is 7.17. The first kappa shape index (κ1) is 14.6. The van der Waals surface area contributed by atoms with Gasteiger partial charge in [-0.15, -0.1) is 0 Å². The molecule has 2 unspecified atom stereocenters. The van der Waals surface area contributed by atoms with Crippen LogP contribution in [0.1, 0.15) is 50.5 Å². The zero-order valence-corrected chi connectivity index (χ0v) is 11.8. The van der Waals surface area contributed by atoms with Crippen molar-refractivity contribution in [1.29, 1.82) is 0 Å². The third-order valence-electron chi connectivity index (χ3n) is 4.13. The maximum Gasteiger partial charge on any atom is 0.329 e. The highest BCUT2D eigenvalue weighted by Gasteiger charge is 2.44. The van der Waals surface area contributed by atoms with Crippen molar-refractivity contribution in [1.82, 2.24) is 5.32 Å². The van der Waals surface area contributed by atoms with Gasteiger partial charge >= 0.3 is 5.97 Å². The van der Waals surface area contributed by atoms with Gasteiger partial charge in [-0.1, -0.05) is 37.3 Å². The molecule has 2 N–H and O–H groups in total. The molecule has 20 heavy (non-hydrogen) atoms. The van der Waals surface area contributed by atoms with Crippen molar-refractivity contribution in [2.45, 2.75) is 50.5 Å². The molecular formula is C16H21NO3. The van der Waals surface area contributed by atoms with E-state index in [0.717, 1.165) is 18.4 Å². The molecule has 0 aromatic heterocycles. The molecule has 2 atom stereocenters. The van der Waals surface area contributed by atoms with Crippen LogP contribution in [-0.4, -0.2) is 22.5 Å². The molecule has 1 aliphatic rings. The lowest BCUT2D eigenvalue weighted by atomic mass is 9.73. The number of hydrogen-bond donors (Lipinski definition) is 2. The molecule has 0 spiro atoms.